The molecule has 0 saturated heterocycles. The molecule has 0 unspecified atom stereocenters. The number of carbonyl (C=O) groups excluding carboxylic acids is 2. The minimum absolute atomic E-state index is 0.142. The summed E-state index contributed by atoms with van der Waals surface area (Å²) >= 11 is 0. The Bertz CT molecular complexity index is 627. The van der Waals surface area contributed by atoms with E-state index in [4.69, 9.17) is 22.3 Å². The maximum Gasteiger partial charge on any atom is 0.322 e. The van der Waals surface area contributed by atoms with Crippen LogP contribution in [0.15, 0.2) is 29.3 Å². The van der Waals surface area contributed by atoms with Gasteiger partial charge < -0.3 is 32.9 Å². The van der Waals surface area contributed by atoms with Crippen LogP contribution in [0.5, 0.6) is 0 Å². The smallest absolute Gasteiger partial charge is 0.322 e. The van der Waals surface area contributed by atoms with Gasteiger partial charge in [0.15, 0.2) is 5.96 Å². The van der Waals surface area contributed by atoms with Crippen molar-refractivity contribution in [1.29, 1.82) is 0 Å². The number of nitrogens with zero attached hydrogens (tertiary/aromatic N) is 1. The van der Waals surface area contributed by atoms with E-state index in [0.717, 1.165) is 0 Å². The lowest BCUT2D eigenvalue weighted by Crippen LogP contribution is -2.45. The van der Waals surface area contributed by atoms with Crippen molar-refractivity contribution >= 4 is 29.4 Å². The van der Waals surface area contributed by atoms with Crippen LogP contribution in [0, 0.1) is 0 Å². The van der Waals surface area contributed by atoms with Crippen LogP contribution in [-0.4, -0.2) is 48.0 Å². The van der Waals surface area contributed by atoms with E-state index in [0.29, 0.717) is 5.69 Å². The minimum Gasteiger partial charge on any atom is -0.480 e. The van der Waals surface area contributed by atoms with Gasteiger partial charge >= 0.3 is 5.97 Å². The number of carbonyl (C=O) groups is 3. The molecule has 9 N–H and O–H groups in total. The molecule has 10 heteroatoms. The topological polar surface area (TPSA) is 186 Å². The third-order valence-corrected chi connectivity index (χ3v) is 2.61. The van der Waals surface area contributed by atoms with Crippen molar-refractivity contribution in [2.45, 2.75) is 6.04 Å². The monoisotopic (exact) mass is 322 g/mol. The Kier molecular flexibility index (Phi) is 6.49. The third-order valence-electron chi connectivity index (χ3n) is 2.61. The summed E-state index contributed by atoms with van der Waals surface area (Å²) in [5, 5.41) is 13.3. The van der Waals surface area contributed by atoms with Crippen LogP contribution in [0.1, 0.15) is 10.4 Å². The van der Waals surface area contributed by atoms with Crippen LogP contribution in [0.2, 0.25) is 0 Å². The van der Waals surface area contributed by atoms with Crippen molar-refractivity contribution in [3.63, 3.8) is 0 Å². The fourth-order valence-electron chi connectivity index (χ4n) is 1.50. The average Bonchev–Trinajstić information content (AvgIpc) is 2.49. The highest BCUT2D eigenvalue weighted by Crippen LogP contribution is 2.13. The molecule has 0 aliphatic carbocycles. The normalized spacial score (nSPS) is 11.2. The Morgan fingerprint density at radius 1 is 1.22 bits per heavy atom. The van der Waals surface area contributed by atoms with Gasteiger partial charge in [0.05, 0.1) is 12.2 Å². The summed E-state index contributed by atoms with van der Waals surface area (Å²) in [5.74, 6) is -2.44. The van der Waals surface area contributed by atoms with Gasteiger partial charge in [-0.15, -0.1) is 0 Å². The molecule has 0 bridgehead atoms. The first kappa shape index (κ1) is 17.9. The van der Waals surface area contributed by atoms with E-state index in [2.05, 4.69) is 15.6 Å². The van der Waals surface area contributed by atoms with Crippen molar-refractivity contribution in [3.05, 3.63) is 29.8 Å². The number of guanidine groups is 1. The molecule has 0 saturated carbocycles. The first-order chi connectivity index (χ1) is 10.8. The van der Waals surface area contributed by atoms with E-state index in [1.54, 1.807) is 12.1 Å². The second-order valence-corrected chi connectivity index (χ2v) is 4.52. The SMILES string of the molecule is NC(N)=Nc1cccc(C(=O)NCC(=O)NC[C@H](N)C(=O)O)c1. The van der Waals surface area contributed by atoms with Gasteiger partial charge in [0.25, 0.3) is 5.91 Å². The summed E-state index contributed by atoms with van der Waals surface area (Å²) in [6.07, 6.45) is 0. The zero-order chi connectivity index (χ0) is 17.4. The summed E-state index contributed by atoms with van der Waals surface area (Å²) in [6, 6.07) is 4.97. The molecule has 0 aromatic heterocycles. The molecule has 0 fully saturated rings. The number of nitrogens with one attached hydrogen (secondary N) is 2. The van der Waals surface area contributed by atoms with E-state index in [1.807, 2.05) is 0 Å². The zero-order valence-corrected chi connectivity index (χ0v) is 12.2. The van der Waals surface area contributed by atoms with Gasteiger partial charge in [0.2, 0.25) is 5.91 Å². The number of nitrogens with two attached hydrogens (primary N) is 3. The summed E-state index contributed by atoms with van der Waals surface area (Å²) in [7, 11) is 0. The van der Waals surface area contributed by atoms with Crippen LogP contribution in [-0.2, 0) is 9.59 Å². The highest BCUT2D eigenvalue weighted by Gasteiger charge is 2.13. The summed E-state index contributed by atoms with van der Waals surface area (Å²) in [5.41, 5.74) is 16.4. The number of carboxylic acids is 1. The molecular weight excluding hydrogens is 304 g/mol. The number of rotatable bonds is 7. The van der Waals surface area contributed by atoms with Crippen LogP contribution in [0.4, 0.5) is 5.69 Å². The molecule has 23 heavy (non-hydrogen) atoms. The van der Waals surface area contributed by atoms with Crippen molar-refractivity contribution in [2.24, 2.45) is 22.2 Å². The number of hydrogen-bond donors (Lipinski definition) is 6. The molecule has 1 rings (SSSR count). The average molecular weight is 322 g/mol. The zero-order valence-electron chi connectivity index (χ0n) is 12.2. The molecule has 2 amide bonds. The van der Waals surface area contributed by atoms with Gasteiger partial charge in [0.1, 0.15) is 6.04 Å². The Morgan fingerprint density at radius 2 is 1.91 bits per heavy atom. The van der Waals surface area contributed by atoms with Crippen molar-refractivity contribution in [2.75, 3.05) is 13.1 Å². The Balaban J connectivity index is 2.52. The van der Waals surface area contributed by atoms with E-state index >= 15 is 0 Å². The standard InChI is InChI=1S/C13H18N6O4/c14-9(12(22)23)5-17-10(20)6-18-11(21)7-2-1-3-8(4-7)19-13(15)16/h1-4,9H,5-6,14H2,(H,17,20)(H,18,21)(H,22,23)(H4,15,16,19)/t9-/m0/s1. The Hall–Kier alpha value is -3.14. The first-order valence-corrected chi connectivity index (χ1v) is 6.52. The predicted octanol–water partition coefficient (Wildman–Crippen LogP) is -2.15. The quantitative estimate of drug-likeness (QED) is 0.244. The molecule has 124 valence electrons. The molecular formula is C13H18N6O4. The van der Waals surface area contributed by atoms with Crippen molar-refractivity contribution in [1.82, 2.24) is 10.6 Å². The van der Waals surface area contributed by atoms with E-state index in [1.165, 1.54) is 12.1 Å². The number of hydrogen-bond acceptors (Lipinski definition) is 5. The molecule has 10 nitrogen and oxygen atoms in total. The lowest BCUT2D eigenvalue weighted by atomic mass is 10.2. The number of benzene rings is 1. The molecule has 1 atom stereocenters. The highest BCUT2D eigenvalue weighted by molar-refractivity contribution is 5.97. The van der Waals surface area contributed by atoms with Crippen LogP contribution in [0.3, 0.4) is 0 Å². The van der Waals surface area contributed by atoms with E-state index in [-0.39, 0.29) is 24.6 Å². The number of carboxylic acid groups (broad SMARTS) is 1. The van der Waals surface area contributed by atoms with Crippen molar-refractivity contribution in [3.8, 4) is 0 Å². The van der Waals surface area contributed by atoms with Gasteiger partial charge in [-0.05, 0) is 18.2 Å². The second-order valence-electron chi connectivity index (χ2n) is 4.52. The lowest BCUT2D eigenvalue weighted by Gasteiger charge is -2.09. The third kappa shape index (κ3) is 6.44. The van der Waals surface area contributed by atoms with Gasteiger partial charge in [-0.25, -0.2) is 4.99 Å². The number of amides is 2. The fourth-order valence-corrected chi connectivity index (χ4v) is 1.50. The van der Waals surface area contributed by atoms with Crippen LogP contribution < -0.4 is 27.8 Å². The Morgan fingerprint density at radius 3 is 2.52 bits per heavy atom. The predicted molar refractivity (Wildman–Crippen MR) is 82.9 cm³/mol. The largest absolute Gasteiger partial charge is 0.480 e. The summed E-state index contributed by atoms with van der Waals surface area (Å²) in [6.45, 7) is -0.554. The molecule has 0 aliphatic heterocycles. The minimum atomic E-state index is -1.23. The molecule has 1 aromatic carbocycles. The van der Waals surface area contributed by atoms with Crippen LogP contribution >= 0.6 is 0 Å². The van der Waals surface area contributed by atoms with E-state index in [9.17, 15) is 14.4 Å². The number of aliphatic carboxylic acids is 1. The van der Waals surface area contributed by atoms with E-state index < -0.39 is 23.8 Å². The maximum atomic E-state index is 11.9. The fraction of sp³-hybridized carbons (Fsp3) is 0.231. The Labute approximate surface area is 131 Å². The van der Waals surface area contributed by atoms with Gasteiger partial charge in [-0.1, -0.05) is 6.07 Å². The molecule has 0 aliphatic rings. The lowest BCUT2D eigenvalue weighted by molar-refractivity contribution is -0.138. The van der Waals surface area contributed by atoms with Gasteiger partial charge in [-0.2, -0.15) is 0 Å². The molecule has 1 aromatic rings. The molecule has 0 radical (unpaired) electrons. The first-order valence-electron chi connectivity index (χ1n) is 6.52. The molecule has 0 spiro atoms. The summed E-state index contributed by atoms with van der Waals surface area (Å²) in [4.78, 5) is 37.7. The van der Waals surface area contributed by atoms with Crippen LogP contribution in [0.25, 0.3) is 0 Å². The number of aliphatic imine (C=N–C) groups is 1. The summed E-state index contributed by atoms with van der Waals surface area (Å²) < 4.78 is 0. The second kappa shape index (κ2) is 8.34. The van der Waals surface area contributed by atoms with Gasteiger partial charge in [0, 0.05) is 12.1 Å². The van der Waals surface area contributed by atoms with Gasteiger partial charge in [-0.3, -0.25) is 14.4 Å². The maximum absolute atomic E-state index is 11.9. The molecule has 0 heterocycles. The highest BCUT2D eigenvalue weighted by atomic mass is 16.4. The van der Waals surface area contributed by atoms with Crippen molar-refractivity contribution < 1.29 is 19.5 Å².